The van der Waals surface area contributed by atoms with Gasteiger partial charge in [0.25, 0.3) is 0 Å². The van der Waals surface area contributed by atoms with E-state index in [-0.39, 0.29) is 11.8 Å². The number of hydrogen-bond donors (Lipinski definition) is 0. The number of aryl methyl sites for hydroxylation is 1. The van der Waals surface area contributed by atoms with Gasteiger partial charge in [-0.2, -0.15) is 0 Å². The zero-order valence-electron chi connectivity index (χ0n) is 12.1. The summed E-state index contributed by atoms with van der Waals surface area (Å²) in [5, 5.41) is 1.06. The summed E-state index contributed by atoms with van der Waals surface area (Å²) in [4.78, 5) is 0. The van der Waals surface area contributed by atoms with E-state index in [4.69, 9.17) is 55.9 Å². The summed E-state index contributed by atoms with van der Waals surface area (Å²) in [5.41, 5.74) is 1.86. The maximum atomic E-state index is 6.45. The lowest BCUT2D eigenvalue weighted by Gasteiger charge is -2.17. The fourth-order valence-electron chi connectivity index (χ4n) is 2.64. The standard InChI is InChI=1S/C15H18Cl4O2/c1-4-20-14(21-5-2)12-11(15(12,18)19)9-6-8(3)13(17)10(16)7-9/h6-7,11-12,14H,4-5H2,1-3H3. The molecular formula is C15H18Cl4O2. The van der Waals surface area contributed by atoms with Crippen molar-refractivity contribution in [3.8, 4) is 0 Å². The number of hydrogen-bond acceptors (Lipinski definition) is 2. The van der Waals surface area contributed by atoms with Crippen LogP contribution in [0.2, 0.25) is 10.0 Å². The van der Waals surface area contributed by atoms with Crippen LogP contribution >= 0.6 is 46.4 Å². The Morgan fingerprint density at radius 3 is 2.19 bits per heavy atom. The predicted molar refractivity (Wildman–Crippen MR) is 88.9 cm³/mol. The third kappa shape index (κ3) is 3.46. The van der Waals surface area contributed by atoms with Crippen molar-refractivity contribution in [1.29, 1.82) is 0 Å². The smallest absolute Gasteiger partial charge is 0.163 e. The van der Waals surface area contributed by atoms with E-state index in [2.05, 4.69) is 0 Å². The van der Waals surface area contributed by atoms with Gasteiger partial charge in [0.1, 0.15) is 4.33 Å². The molecule has 2 nitrogen and oxygen atoms in total. The summed E-state index contributed by atoms with van der Waals surface area (Å²) in [7, 11) is 0. The highest BCUT2D eigenvalue weighted by atomic mass is 35.5. The normalized spacial score (nSPS) is 23.6. The van der Waals surface area contributed by atoms with Crippen molar-refractivity contribution < 1.29 is 9.47 Å². The van der Waals surface area contributed by atoms with Crippen LogP contribution in [0.1, 0.15) is 30.9 Å². The van der Waals surface area contributed by atoms with E-state index in [0.717, 1.165) is 11.1 Å². The molecule has 0 bridgehead atoms. The molecule has 118 valence electrons. The highest BCUT2D eigenvalue weighted by molar-refractivity contribution is 6.52. The molecular weight excluding hydrogens is 354 g/mol. The molecule has 1 aliphatic carbocycles. The van der Waals surface area contributed by atoms with E-state index in [9.17, 15) is 0 Å². The minimum atomic E-state index is -0.918. The van der Waals surface area contributed by atoms with Crippen molar-refractivity contribution in [2.45, 2.75) is 37.3 Å². The molecule has 0 heterocycles. The maximum Gasteiger partial charge on any atom is 0.163 e. The van der Waals surface area contributed by atoms with E-state index < -0.39 is 10.6 Å². The number of alkyl halides is 2. The fraction of sp³-hybridized carbons (Fsp3) is 0.600. The zero-order chi connectivity index (χ0) is 15.8. The van der Waals surface area contributed by atoms with Gasteiger partial charge in [0.05, 0.1) is 16.0 Å². The van der Waals surface area contributed by atoms with Crippen molar-refractivity contribution in [3.63, 3.8) is 0 Å². The molecule has 2 atom stereocenters. The first-order valence-corrected chi connectivity index (χ1v) is 8.42. The van der Waals surface area contributed by atoms with Crippen LogP contribution < -0.4 is 0 Å². The minimum Gasteiger partial charge on any atom is -0.353 e. The highest BCUT2D eigenvalue weighted by Gasteiger charge is 2.67. The Balaban J connectivity index is 2.28. The van der Waals surface area contributed by atoms with Crippen LogP contribution in [0.3, 0.4) is 0 Å². The molecule has 0 radical (unpaired) electrons. The van der Waals surface area contributed by atoms with E-state index in [1.807, 2.05) is 32.9 Å². The molecule has 21 heavy (non-hydrogen) atoms. The van der Waals surface area contributed by atoms with Gasteiger partial charge in [-0.15, -0.1) is 23.2 Å². The molecule has 2 rings (SSSR count). The van der Waals surface area contributed by atoms with Crippen LogP contribution in [0.25, 0.3) is 0 Å². The van der Waals surface area contributed by atoms with E-state index in [0.29, 0.717) is 23.3 Å². The molecule has 1 aromatic carbocycles. The molecule has 1 aliphatic rings. The monoisotopic (exact) mass is 370 g/mol. The van der Waals surface area contributed by atoms with Crippen LogP contribution in [-0.2, 0) is 9.47 Å². The third-order valence-corrected chi connectivity index (χ3v) is 5.53. The molecule has 6 heteroatoms. The van der Waals surface area contributed by atoms with Crippen LogP contribution in [0.15, 0.2) is 12.1 Å². The first-order valence-electron chi connectivity index (χ1n) is 6.91. The van der Waals surface area contributed by atoms with Crippen molar-refractivity contribution in [2.24, 2.45) is 5.92 Å². The van der Waals surface area contributed by atoms with Crippen LogP contribution in [0.5, 0.6) is 0 Å². The summed E-state index contributed by atoms with van der Waals surface area (Å²) < 4.78 is 10.3. The highest BCUT2D eigenvalue weighted by Crippen LogP contribution is 2.67. The Bertz CT molecular complexity index is 489. The van der Waals surface area contributed by atoms with Gasteiger partial charge in [0, 0.05) is 19.1 Å². The number of halogens is 4. The summed E-state index contributed by atoms with van der Waals surface area (Å²) in [6.07, 6.45) is -0.422. The number of ether oxygens (including phenoxy) is 2. The first-order chi connectivity index (χ1) is 9.84. The van der Waals surface area contributed by atoms with Crippen molar-refractivity contribution >= 4 is 46.4 Å². The third-order valence-electron chi connectivity index (χ3n) is 3.66. The Kier molecular flexibility index (Phi) is 5.73. The zero-order valence-corrected chi connectivity index (χ0v) is 15.2. The van der Waals surface area contributed by atoms with Crippen molar-refractivity contribution in [2.75, 3.05) is 13.2 Å². The van der Waals surface area contributed by atoms with Gasteiger partial charge in [-0.25, -0.2) is 0 Å². The minimum absolute atomic E-state index is 0.0857. The van der Waals surface area contributed by atoms with Gasteiger partial charge >= 0.3 is 0 Å². The topological polar surface area (TPSA) is 18.5 Å². The molecule has 0 spiro atoms. The van der Waals surface area contributed by atoms with Crippen LogP contribution in [-0.4, -0.2) is 23.8 Å². The molecule has 0 aromatic heterocycles. The second-order valence-electron chi connectivity index (χ2n) is 5.09. The van der Waals surface area contributed by atoms with E-state index in [1.165, 1.54) is 0 Å². The summed E-state index contributed by atoms with van der Waals surface area (Å²) >= 11 is 25.1. The number of rotatable bonds is 6. The molecule has 2 unspecified atom stereocenters. The summed E-state index contributed by atoms with van der Waals surface area (Å²) in [6.45, 7) is 6.81. The SMILES string of the molecule is CCOC(OCC)C1C(c2cc(C)c(Cl)c(Cl)c2)C1(Cl)Cl. The predicted octanol–water partition coefficient (Wildman–Crippen LogP) is 5.59. The summed E-state index contributed by atoms with van der Waals surface area (Å²) in [5.74, 6) is -0.213. The quantitative estimate of drug-likeness (QED) is 0.479. The lowest BCUT2D eigenvalue weighted by atomic mass is 10.1. The van der Waals surface area contributed by atoms with Gasteiger partial charge < -0.3 is 9.47 Å². The lowest BCUT2D eigenvalue weighted by molar-refractivity contribution is -0.149. The van der Waals surface area contributed by atoms with Crippen LogP contribution in [0.4, 0.5) is 0 Å². The average Bonchev–Trinajstić information content (AvgIpc) is 2.98. The molecule has 1 aromatic rings. The molecule has 0 saturated heterocycles. The Hall–Kier alpha value is 0.300. The average molecular weight is 372 g/mol. The Morgan fingerprint density at radius 1 is 1.14 bits per heavy atom. The van der Waals surface area contributed by atoms with Gasteiger partial charge in [-0.05, 0) is 38.0 Å². The largest absolute Gasteiger partial charge is 0.353 e. The van der Waals surface area contributed by atoms with E-state index in [1.54, 1.807) is 0 Å². The molecule has 1 saturated carbocycles. The van der Waals surface area contributed by atoms with Crippen molar-refractivity contribution in [3.05, 3.63) is 33.3 Å². The van der Waals surface area contributed by atoms with Gasteiger partial charge in [-0.1, -0.05) is 29.3 Å². The van der Waals surface area contributed by atoms with Gasteiger partial charge in [0.15, 0.2) is 6.29 Å². The molecule has 0 amide bonds. The Morgan fingerprint density at radius 2 is 1.71 bits per heavy atom. The molecule has 0 N–H and O–H groups in total. The first kappa shape index (κ1) is 17.7. The van der Waals surface area contributed by atoms with E-state index >= 15 is 0 Å². The second-order valence-corrected chi connectivity index (χ2v) is 7.32. The number of benzene rings is 1. The molecule has 0 aliphatic heterocycles. The lowest BCUT2D eigenvalue weighted by Crippen LogP contribution is -2.22. The fourth-order valence-corrected chi connectivity index (χ4v) is 3.87. The van der Waals surface area contributed by atoms with Crippen molar-refractivity contribution in [1.82, 2.24) is 0 Å². The molecule has 1 fully saturated rings. The van der Waals surface area contributed by atoms with Gasteiger partial charge in [0.2, 0.25) is 0 Å². The van der Waals surface area contributed by atoms with Crippen LogP contribution in [0, 0.1) is 12.8 Å². The maximum absolute atomic E-state index is 6.45. The van der Waals surface area contributed by atoms with Gasteiger partial charge in [-0.3, -0.25) is 0 Å². The Labute approximate surface area is 145 Å². The summed E-state index contributed by atoms with van der Waals surface area (Å²) in [6, 6.07) is 3.78. The second kappa shape index (κ2) is 6.82.